The number of benzene rings is 1. The monoisotopic (exact) mass is 245 g/mol. The summed E-state index contributed by atoms with van der Waals surface area (Å²) in [5.41, 5.74) is 2.63. The first-order chi connectivity index (χ1) is 8.72. The third kappa shape index (κ3) is 1.74. The average Bonchev–Trinajstić information content (AvgIpc) is 2.68. The van der Waals surface area contributed by atoms with Gasteiger partial charge in [0.1, 0.15) is 5.75 Å². The summed E-state index contributed by atoms with van der Waals surface area (Å²) < 4.78 is 0. The molecule has 0 amide bonds. The molecule has 1 aliphatic carbocycles. The van der Waals surface area contributed by atoms with Gasteiger partial charge in [-0.1, -0.05) is 19.1 Å². The summed E-state index contributed by atoms with van der Waals surface area (Å²) in [6.45, 7) is 5.84. The topological polar surface area (TPSA) is 23.5 Å². The van der Waals surface area contributed by atoms with E-state index in [4.69, 9.17) is 0 Å². The van der Waals surface area contributed by atoms with Crippen molar-refractivity contribution in [3.8, 4) is 5.75 Å². The SMILES string of the molecule is CCCN1C(C)CC2c3cccc(O)c3CCC21. The summed E-state index contributed by atoms with van der Waals surface area (Å²) in [6, 6.07) is 7.46. The summed E-state index contributed by atoms with van der Waals surface area (Å²) in [5.74, 6) is 1.15. The van der Waals surface area contributed by atoms with Crippen molar-refractivity contribution < 1.29 is 5.11 Å². The van der Waals surface area contributed by atoms with Crippen LogP contribution >= 0.6 is 0 Å². The van der Waals surface area contributed by atoms with E-state index in [1.807, 2.05) is 12.1 Å². The van der Waals surface area contributed by atoms with E-state index in [0.717, 1.165) is 6.42 Å². The molecule has 1 N–H and O–H groups in total. The van der Waals surface area contributed by atoms with Gasteiger partial charge in [-0.25, -0.2) is 0 Å². The number of phenolic OH excluding ortho intramolecular Hbond substituents is 1. The van der Waals surface area contributed by atoms with Gasteiger partial charge in [0.15, 0.2) is 0 Å². The van der Waals surface area contributed by atoms with Gasteiger partial charge in [-0.2, -0.15) is 0 Å². The van der Waals surface area contributed by atoms with Crippen molar-refractivity contribution in [3.05, 3.63) is 29.3 Å². The number of likely N-dealkylation sites (tertiary alicyclic amines) is 1. The molecule has 1 fully saturated rings. The zero-order valence-corrected chi connectivity index (χ0v) is 11.4. The van der Waals surface area contributed by atoms with Gasteiger partial charge in [0.25, 0.3) is 0 Å². The van der Waals surface area contributed by atoms with Crippen LogP contribution in [-0.4, -0.2) is 28.6 Å². The normalized spacial score (nSPS) is 31.1. The van der Waals surface area contributed by atoms with Crippen molar-refractivity contribution in [2.45, 2.75) is 57.5 Å². The molecule has 1 aliphatic heterocycles. The lowest BCUT2D eigenvalue weighted by atomic mass is 9.79. The second kappa shape index (κ2) is 4.58. The number of fused-ring (bicyclic) bond motifs is 3. The Kier molecular flexibility index (Phi) is 3.06. The Morgan fingerprint density at radius 1 is 1.39 bits per heavy atom. The van der Waals surface area contributed by atoms with Crippen LogP contribution in [0.2, 0.25) is 0 Å². The van der Waals surface area contributed by atoms with E-state index in [9.17, 15) is 5.11 Å². The van der Waals surface area contributed by atoms with E-state index in [-0.39, 0.29) is 0 Å². The number of hydrogen-bond acceptors (Lipinski definition) is 2. The minimum absolute atomic E-state index is 0.507. The molecule has 98 valence electrons. The summed E-state index contributed by atoms with van der Waals surface area (Å²) in [4.78, 5) is 2.69. The van der Waals surface area contributed by atoms with Crippen LogP contribution < -0.4 is 0 Å². The number of nitrogens with zero attached hydrogens (tertiary/aromatic N) is 1. The Labute approximate surface area is 110 Å². The quantitative estimate of drug-likeness (QED) is 0.864. The van der Waals surface area contributed by atoms with Crippen LogP contribution in [0.4, 0.5) is 0 Å². The Balaban J connectivity index is 1.95. The van der Waals surface area contributed by atoms with Gasteiger partial charge >= 0.3 is 0 Å². The molecular formula is C16H23NO. The predicted molar refractivity (Wildman–Crippen MR) is 74.0 cm³/mol. The molecular weight excluding hydrogens is 222 g/mol. The molecule has 3 rings (SSSR count). The van der Waals surface area contributed by atoms with Crippen molar-refractivity contribution in [1.29, 1.82) is 0 Å². The molecule has 18 heavy (non-hydrogen) atoms. The van der Waals surface area contributed by atoms with E-state index in [0.29, 0.717) is 23.8 Å². The summed E-state index contributed by atoms with van der Waals surface area (Å²) in [7, 11) is 0. The summed E-state index contributed by atoms with van der Waals surface area (Å²) in [6.07, 6.45) is 4.73. The molecule has 2 nitrogen and oxygen atoms in total. The van der Waals surface area contributed by atoms with Gasteiger partial charge in [0, 0.05) is 18.0 Å². The van der Waals surface area contributed by atoms with E-state index in [1.54, 1.807) is 0 Å². The number of hydrogen-bond donors (Lipinski definition) is 1. The van der Waals surface area contributed by atoms with Crippen LogP contribution in [0.15, 0.2) is 18.2 Å². The van der Waals surface area contributed by atoms with Crippen LogP contribution in [0.1, 0.15) is 50.2 Å². The van der Waals surface area contributed by atoms with Crippen LogP contribution in [0.5, 0.6) is 5.75 Å². The highest BCUT2D eigenvalue weighted by Gasteiger charge is 2.42. The lowest BCUT2D eigenvalue weighted by molar-refractivity contribution is 0.185. The number of rotatable bonds is 2. The van der Waals surface area contributed by atoms with Crippen LogP contribution in [0.25, 0.3) is 0 Å². The maximum absolute atomic E-state index is 10.00. The molecule has 3 unspecified atom stereocenters. The molecule has 0 spiro atoms. The minimum Gasteiger partial charge on any atom is -0.508 e. The second-order valence-corrected chi connectivity index (χ2v) is 5.88. The first-order valence-electron chi connectivity index (χ1n) is 7.29. The molecule has 1 aromatic rings. The molecule has 1 saturated heterocycles. The zero-order valence-electron chi connectivity index (χ0n) is 11.4. The summed E-state index contributed by atoms with van der Waals surface area (Å²) in [5, 5.41) is 10.00. The highest BCUT2D eigenvalue weighted by atomic mass is 16.3. The first-order valence-corrected chi connectivity index (χ1v) is 7.29. The van der Waals surface area contributed by atoms with Gasteiger partial charge in [0.05, 0.1) is 0 Å². The molecule has 0 radical (unpaired) electrons. The smallest absolute Gasteiger partial charge is 0.119 e. The van der Waals surface area contributed by atoms with Crippen molar-refractivity contribution >= 4 is 0 Å². The van der Waals surface area contributed by atoms with Crippen molar-refractivity contribution in [1.82, 2.24) is 4.90 Å². The zero-order chi connectivity index (χ0) is 12.7. The third-order valence-corrected chi connectivity index (χ3v) is 4.81. The lowest BCUT2D eigenvalue weighted by Crippen LogP contribution is -2.38. The molecule has 0 saturated carbocycles. The lowest BCUT2D eigenvalue weighted by Gasteiger charge is -2.34. The van der Waals surface area contributed by atoms with E-state index in [2.05, 4.69) is 24.8 Å². The van der Waals surface area contributed by atoms with Gasteiger partial charge in [-0.3, -0.25) is 4.90 Å². The van der Waals surface area contributed by atoms with E-state index < -0.39 is 0 Å². The highest BCUT2D eigenvalue weighted by molar-refractivity contribution is 5.44. The number of aromatic hydroxyl groups is 1. The van der Waals surface area contributed by atoms with Crippen molar-refractivity contribution in [2.75, 3.05) is 6.54 Å². The Morgan fingerprint density at radius 3 is 3.00 bits per heavy atom. The number of phenols is 1. The standard InChI is InChI=1S/C16H23NO/c1-3-9-17-11(2)10-14-12-5-4-6-16(18)13(12)7-8-15(14)17/h4-6,11,14-15,18H,3,7-10H2,1-2H3. The van der Waals surface area contributed by atoms with Gasteiger partial charge in [-0.15, -0.1) is 0 Å². The van der Waals surface area contributed by atoms with Crippen molar-refractivity contribution in [2.24, 2.45) is 0 Å². The molecule has 2 heteroatoms. The second-order valence-electron chi connectivity index (χ2n) is 5.88. The van der Waals surface area contributed by atoms with Crippen molar-refractivity contribution in [3.63, 3.8) is 0 Å². The van der Waals surface area contributed by atoms with Gasteiger partial charge in [0.2, 0.25) is 0 Å². The van der Waals surface area contributed by atoms with Gasteiger partial charge in [-0.05, 0) is 56.3 Å². The minimum atomic E-state index is 0.507. The molecule has 1 aromatic carbocycles. The Hall–Kier alpha value is -1.02. The average molecular weight is 245 g/mol. The fourth-order valence-corrected chi connectivity index (χ4v) is 4.07. The van der Waals surface area contributed by atoms with E-state index >= 15 is 0 Å². The fraction of sp³-hybridized carbons (Fsp3) is 0.625. The van der Waals surface area contributed by atoms with Crippen LogP contribution in [-0.2, 0) is 6.42 Å². The maximum Gasteiger partial charge on any atom is 0.119 e. The largest absolute Gasteiger partial charge is 0.508 e. The fourth-order valence-electron chi connectivity index (χ4n) is 4.07. The van der Waals surface area contributed by atoms with Gasteiger partial charge < -0.3 is 5.11 Å². The van der Waals surface area contributed by atoms with E-state index in [1.165, 1.54) is 36.9 Å². The molecule has 1 heterocycles. The summed E-state index contributed by atoms with van der Waals surface area (Å²) >= 11 is 0. The third-order valence-electron chi connectivity index (χ3n) is 4.81. The predicted octanol–water partition coefficient (Wildman–Crippen LogP) is 3.29. The Bertz CT molecular complexity index is 443. The molecule has 2 aliphatic rings. The molecule has 0 aromatic heterocycles. The molecule has 0 bridgehead atoms. The highest BCUT2D eigenvalue weighted by Crippen LogP contribution is 2.46. The first kappa shape index (κ1) is 12.0. The molecule has 3 atom stereocenters. The van der Waals surface area contributed by atoms with Crippen LogP contribution in [0.3, 0.4) is 0 Å². The maximum atomic E-state index is 10.00. The van der Waals surface area contributed by atoms with Crippen LogP contribution in [0, 0.1) is 0 Å². The Morgan fingerprint density at radius 2 is 2.22 bits per heavy atom.